The molecular formula is C15H22N2O. The first kappa shape index (κ1) is 14.5. The van der Waals surface area contributed by atoms with Crippen molar-refractivity contribution in [1.29, 1.82) is 5.26 Å². The summed E-state index contributed by atoms with van der Waals surface area (Å²) in [7, 11) is 1.99. The van der Waals surface area contributed by atoms with Crippen LogP contribution in [-0.4, -0.2) is 18.7 Å². The van der Waals surface area contributed by atoms with Crippen LogP contribution in [-0.2, 0) is 0 Å². The molecule has 0 bridgehead atoms. The SMILES string of the molecule is CC(O)c1ccc(C#N)cc1N(C)CC(C)(C)C. The van der Waals surface area contributed by atoms with E-state index in [1.165, 1.54) is 0 Å². The standard InChI is InChI=1S/C15H22N2O/c1-11(18)13-7-6-12(9-16)8-14(13)17(5)10-15(2,3)4/h6-8,11,18H,10H2,1-5H3. The van der Waals surface area contributed by atoms with Gasteiger partial charge in [-0.1, -0.05) is 26.8 Å². The maximum atomic E-state index is 9.81. The topological polar surface area (TPSA) is 47.3 Å². The van der Waals surface area contributed by atoms with Crippen molar-refractivity contribution in [3.05, 3.63) is 29.3 Å². The maximum Gasteiger partial charge on any atom is 0.0992 e. The third kappa shape index (κ3) is 3.75. The number of nitrogens with zero attached hydrogens (tertiary/aromatic N) is 2. The number of benzene rings is 1. The molecule has 1 rings (SSSR count). The summed E-state index contributed by atoms with van der Waals surface area (Å²) in [4.78, 5) is 2.10. The van der Waals surface area contributed by atoms with Crippen LogP contribution in [0, 0.1) is 16.7 Å². The van der Waals surface area contributed by atoms with Crippen LogP contribution in [0.2, 0.25) is 0 Å². The van der Waals surface area contributed by atoms with Crippen LogP contribution in [0.15, 0.2) is 18.2 Å². The molecule has 0 heterocycles. The van der Waals surface area contributed by atoms with Crippen molar-refractivity contribution in [2.75, 3.05) is 18.5 Å². The van der Waals surface area contributed by atoms with E-state index >= 15 is 0 Å². The zero-order chi connectivity index (χ0) is 13.9. The Morgan fingerprint density at radius 1 is 1.39 bits per heavy atom. The van der Waals surface area contributed by atoms with Crippen molar-refractivity contribution in [3.63, 3.8) is 0 Å². The van der Waals surface area contributed by atoms with Crippen molar-refractivity contribution in [1.82, 2.24) is 0 Å². The molecule has 1 N–H and O–H groups in total. The van der Waals surface area contributed by atoms with Gasteiger partial charge in [0.2, 0.25) is 0 Å². The third-order valence-corrected chi connectivity index (χ3v) is 2.73. The van der Waals surface area contributed by atoms with Crippen LogP contribution in [0.4, 0.5) is 5.69 Å². The first-order valence-electron chi connectivity index (χ1n) is 6.18. The number of aliphatic hydroxyl groups is 1. The fourth-order valence-corrected chi connectivity index (χ4v) is 2.09. The Morgan fingerprint density at radius 2 is 2.00 bits per heavy atom. The average Bonchev–Trinajstić information content (AvgIpc) is 2.25. The summed E-state index contributed by atoms with van der Waals surface area (Å²) in [6.07, 6.45) is -0.532. The van der Waals surface area contributed by atoms with E-state index in [1.54, 1.807) is 13.0 Å². The monoisotopic (exact) mass is 246 g/mol. The Hall–Kier alpha value is -1.53. The van der Waals surface area contributed by atoms with Crippen molar-refractivity contribution in [3.8, 4) is 6.07 Å². The molecular weight excluding hydrogens is 224 g/mol. The van der Waals surface area contributed by atoms with Crippen molar-refractivity contribution >= 4 is 5.69 Å². The minimum Gasteiger partial charge on any atom is -0.389 e. The van der Waals surface area contributed by atoms with Crippen molar-refractivity contribution in [2.24, 2.45) is 5.41 Å². The highest BCUT2D eigenvalue weighted by atomic mass is 16.3. The van der Waals surface area contributed by atoms with Crippen LogP contribution in [0.5, 0.6) is 0 Å². The highest BCUT2D eigenvalue weighted by molar-refractivity contribution is 5.58. The molecule has 0 saturated heterocycles. The zero-order valence-corrected chi connectivity index (χ0v) is 11.9. The smallest absolute Gasteiger partial charge is 0.0992 e. The van der Waals surface area contributed by atoms with E-state index in [1.807, 2.05) is 19.2 Å². The molecule has 0 aromatic heterocycles. The number of nitriles is 1. The fourth-order valence-electron chi connectivity index (χ4n) is 2.09. The number of rotatable bonds is 3. The molecule has 0 aliphatic heterocycles. The normalized spacial score (nSPS) is 12.9. The molecule has 1 unspecified atom stereocenters. The minimum absolute atomic E-state index is 0.160. The summed E-state index contributed by atoms with van der Waals surface area (Å²) in [5.41, 5.74) is 2.57. The van der Waals surface area contributed by atoms with Gasteiger partial charge in [0, 0.05) is 24.8 Å². The van der Waals surface area contributed by atoms with E-state index < -0.39 is 6.10 Å². The molecule has 1 aromatic carbocycles. The van der Waals surface area contributed by atoms with Crippen LogP contribution in [0.1, 0.15) is 44.9 Å². The molecule has 0 amide bonds. The van der Waals surface area contributed by atoms with Gasteiger partial charge in [-0.15, -0.1) is 0 Å². The number of aliphatic hydroxyl groups excluding tert-OH is 1. The van der Waals surface area contributed by atoms with Gasteiger partial charge in [0.25, 0.3) is 0 Å². The molecule has 0 spiro atoms. The molecule has 0 fully saturated rings. The predicted octanol–water partition coefficient (Wildman–Crippen LogP) is 3.09. The van der Waals surface area contributed by atoms with Gasteiger partial charge >= 0.3 is 0 Å². The van der Waals surface area contributed by atoms with E-state index in [2.05, 4.69) is 31.7 Å². The van der Waals surface area contributed by atoms with Gasteiger partial charge < -0.3 is 10.0 Å². The Morgan fingerprint density at radius 3 is 2.44 bits per heavy atom. The highest BCUT2D eigenvalue weighted by Crippen LogP contribution is 2.29. The third-order valence-electron chi connectivity index (χ3n) is 2.73. The molecule has 1 atom stereocenters. The van der Waals surface area contributed by atoms with Gasteiger partial charge in [0.15, 0.2) is 0 Å². The molecule has 0 aliphatic carbocycles. The lowest BCUT2D eigenvalue weighted by Gasteiger charge is -2.30. The summed E-state index contributed by atoms with van der Waals surface area (Å²) in [6, 6.07) is 7.56. The lowest BCUT2D eigenvalue weighted by atomic mass is 9.95. The van der Waals surface area contributed by atoms with E-state index in [9.17, 15) is 5.11 Å². The Labute approximate surface area is 110 Å². The van der Waals surface area contributed by atoms with Crippen molar-refractivity contribution in [2.45, 2.75) is 33.8 Å². The Kier molecular flexibility index (Phi) is 4.37. The van der Waals surface area contributed by atoms with Gasteiger partial charge in [-0.3, -0.25) is 0 Å². The summed E-state index contributed by atoms with van der Waals surface area (Å²) in [6.45, 7) is 9.11. The van der Waals surface area contributed by atoms with Crippen molar-refractivity contribution < 1.29 is 5.11 Å². The lowest BCUT2D eigenvalue weighted by molar-refractivity contribution is 0.199. The highest BCUT2D eigenvalue weighted by Gasteiger charge is 2.18. The molecule has 0 aliphatic rings. The van der Waals surface area contributed by atoms with E-state index in [0.29, 0.717) is 5.56 Å². The molecule has 3 nitrogen and oxygen atoms in total. The number of hydrogen-bond donors (Lipinski definition) is 1. The van der Waals surface area contributed by atoms with E-state index in [4.69, 9.17) is 5.26 Å². The first-order valence-corrected chi connectivity index (χ1v) is 6.18. The van der Waals surface area contributed by atoms with Crippen LogP contribution < -0.4 is 4.90 Å². The van der Waals surface area contributed by atoms with Gasteiger partial charge in [-0.2, -0.15) is 5.26 Å². The summed E-state index contributed by atoms with van der Waals surface area (Å²) in [5.74, 6) is 0. The fraction of sp³-hybridized carbons (Fsp3) is 0.533. The maximum absolute atomic E-state index is 9.81. The Balaban J connectivity index is 3.15. The second-order valence-electron chi connectivity index (χ2n) is 5.98. The minimum atomic E-state index is -0.532. The number of anilines is 1. The second kappa shape index (κ2) is 5.41. The van der Waals surface area contributed by atoms with Gasteiger partial charge in [0.1, 0.15) is 0 Å². The molecule has 18 heavy (non-hydrogen) atoms. The second-order valence-corrected chi connectivity index (χ2v) is 5.98. The quantitative estimate of drug-likeness (QED) is 0.891. The summed E-state index contributed by atoms with van der Waals surface area (Å²) in [5, 5.41) is 18.8. The van der Waals surface area contributed by atoms with Crippen LogP contribution in [0.25, 0.3) is 0 Å². The van der Waals surface area contributed by atoms with Crippen LogP contribution >= 0.6 is 0 Å². The Bertz CT molecular complexity index is 453. The molecule has 1 aromatic rings. The average molecular weight is 246 g/mol. The van der Waals surface area contributed by atoms with Gasteiger partial charge in [0.05, 0.1) is 17.7 Å². The van der Waals surface area contributed by atoms with Crippen LogP contribution in [0.3, 0.4) is 0 Å². The summed E-state index contributed by atoms with van der Waals surface area (Å²) >= 11 is 0. The molecule has 3 heteroatoms. The number of hydrogen-bond acceptors (Lipinski definition) is 3. The predicted molar refractivity (Wildman–Crippen MR) is 74.5 cm³/mol. The van der Waals surface area contributed by atoms with Gasteiger partial charge in [-0.25, -0.2) is 0 Å². The largest absolute Gasteiger partial charge is 0.389 e. The molecule has 98 valence electrons. The molecule has 0 saturated carbocycles. The lowest BCUT2D eigenvalue weighted by Crippen LogP contribution is -2.30. The molecule has 0 radical (unpaired) electrons. The van der Waals surface area contributed by atoms with E-state index in [0.717, 1.165) is 17.8 Å². The van der Waals surface area contributed by atoms with Gasteiger partial charge in [-0.05, 0) is 24.5 Å². The van der Waals surface area contributed by atoms with E-state index in [-0.39, 0.29) is 5.41 Å². The zero-order valence-electron chi connectivity index (χ0n) is 11.9. The first-order chi connectivity index (χ1) is 8.24. The summed E-state index contributed by atoms with van der Waals surface area (Å²) < 4.78 is 0.